The van der Waals surface area contributed by atoms with Crippen LogP contribution >= 0.6 is 27.5 Å². The molecule has 3 aromatic rings. The van der Waals surface area contributed by atoms with Crippen molar-refractivity contribution in [2.75, 3.05) is 11.9 Å². The van der Waals surface area contributed by atoms with Gasteiger partial charge in [0.15, 0.2) is 5.82 Å². The van der Waals surface area contributed by atoms with Gasteiger partial charge in [0.25, 0.3) is 11.8 Å². The lowest BCUT2D eigenvalue weighted by Gasteiger charge is -2.13. The number of carbonyl (C=O) groups is 3. The molecule has 0 aliphatic carbocycles. The summed E-state index contributed by atoms with van der Waals surface area (Å²) in [5, 5.41) is 7.93. The molecule has 1 aliphatic heterocycles. The highest BCUT2D eigenvalue weighted by atomic mass is 79.9. The number of hydrogen-bond acceptors (Lipinski definition) is 4. The summed E-state index contributed by atoms with van der Waals surface area (Å²) in [6.07, 6.45) is 4.17. The van der Waals surface area contributed by atoms with Crippen LogP contribution in [0.3, 0.4) is 0 Å². The van der Waals surface area contributed by atoms with Crippen LogP contribution in [0.25, 0.3) is 0 Å². The second-order valence-electron chi connectivity index (χ2n) is 7.82. The van der Waals surface area contributed by atoms with Gasteiger partial charge in [0.05, 0.1) is 22.1 Å². The zero-order valence-electron chi connectivity index (χ0n) is 17.8. The van der Waals surface area contributed by atoms with Crippen LogP contribution in [0.5, 0.6) is 0 Å². The van der Waals surface area contributed by atoms with Crippen molar-refractivity contribution in [3.05, 3.63) is 80.9 Å². The predicted octanol–water partition coefficient (Wildman–Crippen LogP) is 5.14. The van der Waals surface area contributed by atoms with Crippen LogP contribution in [0.2, 0.25) is 5.02 Å². The van der Waals surface area contributed by atoms with Gasteiger partial charge in [-0.3, -0.25) is 24.0 Å². The highest BCUT2D eigenvalue weighted by molar-refractivity contribution is 9.10. The number of nitrogens with zero attached hydrogens (tertiary/aromatic N) is 3. The Bertz CT molecular complexity index is 1160. The molecule has 2 aromatic carbocycles. The lowest BCUT2D eigenvalue weighted by atomic mass is 10.1. The molecular weight excluding hydrogens is 508 g/mol. The molecule has 170 valence electrons. The van der Waals surface area contributed by atoms with E-state index >= 15 is 0 Å². The molecule has 3 amide bonds. The first-order chi connectivity index (χ1) is 15.9. The molecule has 0 unspecified atom stereocenters. The third kappa shape index (κ3) is 5.51. The Balaban J connectivity index is 1.20. The topological polar surface area (TPSA) is 84.3 Å². The summed E-state index contributed by atoms with van der Waals surface area (Å²) in [6.45, 7) is 0.915. The summed E-state index contributed by atoms with van der Waals surface area (Å²) in [4.78, 5) is 38.4. The van der Waals surface area contributed by atoms with E-state index in [4.69, 9.17) is 11.6 Å². The van der Waals surface area contributed by atoms with Gasteiger partial charge in [0, 0.05) is 24.2 Å². The van der Waals surface area contributed by atoms with E-state index in [0.29, 0.717) is 58.8 Å². The molecular formula is C24H22BrClN4O3. The van der Waals surface area contributed by atoms with Crippen molar-refractivity contribution in [1.29, 1.82) is 0 Å². The minimum atomic E-state index is -0.243. The van der Waals surface area contributed by atoms with Crippen molar-refractivity contribution < 1.29 is 14.4 Å². The molecule has 33 heavy (non-hydrogen) atoms. The number of benzene rings is 2. The van der Waals surface area contributed by atoms with Crippen molar-refractivity contribution >= 4 is 51.1 Å². The number of aromatic nitrogens is 2. The SMILES string of the molecule is O=C(CCCCCN1C(=O)c2ccccc2C1=O)Nc1nn(Cc2ccc(Cl)cc2)cc1Br. The van der Waals surface area contributed by atoms with E-state index in [0.717, 1.165) is 12.0 Å². The van der Waals surface area contributed by atoms with Crippen molar-refractivity contribution in [2.24, 2.45) is 0 Å². The first-order valence-electron chi connectivity index (χ1n) is 10.6. The first kappa shape index (κ1) is 23.2. The van der Waals surface area contributed by atoms with E-state index in [1.165, 1.54) is 4.90 Å². The third-order valence-electron chi connectivity index (χ3n) is 5.40. The van der Waals surface area contributed by atoms with Crippen molar-refractivity contribution in [3.8, 4) is 0 Å². The number of unbranched alkanes of at least 4 members (excludes halogenated alkanes) is 2. The zero-order chi connectivity index (χ0) is 23.4. The van der Waals surface area contributed by atoms with E-state index in [-0.39, 0.29) is 17.7 Å². The maximum absolute atomic E-state index is 12.4. The Labute approximate surface area is 204 Å². The van der Waals surface area contributed by atoms with Gasteiger partial charge < -0.3 is 5.32 Å². The summed E-state index contributed by atoms with van der Waals surface area (Å²) in [5.41, 5.74) is 1.97. The monoisotopic (exact) mass is 528 g/mol. The van der Waals surface area contributed by atoms with Gasteiger partial charge in [-0.15, -0.1) is 0 Å². The van der Waals surface area contributed by atoms with Crippen LogP contribution in [0.1, 0.15) is 52.0 Å². The highest BCUT2D eigenvalue weighted by Gasteiger charge is 2.34. The van der Waals surface area contributed by atoms with Crippen LogP contribution in [-0.2, 0) is 11.3 Å². The quantitative estimate of drug-likeness (QED) is 0.307. The molecule has 2 heterocycles. The largest absolute Gasteiger partial charge is 0.308 e. The fourth-order valence-electron chi connectivity index (χ4n) is 3.71. The Morgan fingerprint density at radius 1 is 0.970 bits per heavy atom. The van der Waals surface area contributed by atoms with E-state index in [1.54, 1.807) is 28.9 Å². The number of imide groups is 1. The van der Waals surface area contributed by atoms with Gasteiger partial charge in [0.1, 0.15) is 0 Å². The molecule has 1 N–H and O–H groups in total. The number of fused-ring (bicyclic) bond motifs is 1. The van der Waals surface area contributed by atoms with Gasteiger partial charge in [0.2, 0.25) is 5.91 Å². The van der Waals surface area contributed by atoms with Crippen molar-refractivity contribution in [2.45, 2.75) is 32.2 Å². The summed E-state index contributed by atoms with van der Waals surface area (Å²) in [7, 11) is 0. The van der Waals surface area contributed by atoms with Crippen LogP contribution in [-0.4, -0.2) is 38.9 Å². The number of rotatable bonds is 9. The normalized spacial score (nSPS) is 12.8. The molecule has 0 radical (unpaired) electrons. The smallest absolute Gasteiger partial charge is 0.261 e. The molecule has 0 fully saturated rings. The second-order valence-corrected chi connectivity index (χ2v) is 9.11. The first-order valence-corrected chi connectivity index (χ1v) is 11.8. The maximum Gasteiger partial charge on any atom is 0.261 e. The average Bonchev–Trinajstić information content (AvgIpc) is 3.26. The number of hydrogen-bond donors (Lipinski definition) is 1. The van der Waals surface area contributed by atoms with Gasteiger partial charge in [-0.05, 0) is 58.6 Å². The minimum Gasteiger partial charge on any atom is -0.308 e. The van der Waals surface area contributed by atoms with Crippen LogP contribution < -0.4 is 5.32 Å². The summed E-state index contributed by atoms with van der Waals surface area (Å²) in [6, 6.07) is 14.4. The van der Waals surface area contributed by atoms with Gasteiger partial charge in [-0.2, -0.15) is 5.10 Å². The Kier molecular flexibility index (Phi) is 7.25. The Hall–Kier alpha value is -2.97. The predicted molar refractivity (Wildman–Crippen MR) is 129 cm³/mol. The van der Waals surface area contributed by atoms with Crippen molar-refractivity contribution in [1.82, 2.24) is 14.7 Å². The Morgan fingerprint density at radius 2 is 1.64 bits per heavy atom. The zero-order valence-corrected chi connectivity index (χ0v) is 20.1. The van der Waals surface area contributed by atoms with Gasteiger partial charge in [-0.1, -0.05) is 42.3 Å². The molecule has 0 bridgehead atoms. The number of carbonyl (C=O) groups excluding carboxylic acids is 3. The molecule has 1 aromatic heterocycles. The Morgan fingerprint density at radius 3 is 2.30 bits per heavy atom. The minimum absolute atomic E-state index is 0.131. The molecule has 1 aliphatic rings. The molecule has 7 nitrogen and oxygen atoms in total. The van der Waals surface area contributed by atoms with Crippen LogP contribution in [0.4, 0.5) is 5.82 Å². The lowest BCUT2D eigenvalue weighted by Crippen LogP contribution is -2.30. The molecule has 9 heteroatoms. The fraction of sp³-hybridized carbons (Fsp3) is 0.250. The number of amides is 3. The standard InChI is InChI=1S/C24H22BrClN4O3/c25-20-15-29(14-16-9-11-17(26)12-10-16)28-22(20)27-21(31)8-2-1-5-13-30-23(32)18-6-3-4-7-19(18)24(30)33/h3-4,6-7,9-12,15H,1-2,5,8,13-14H2,(H,27,28,31). The van der Waals surface area contributed by atoms with E-state index in [1.807, 2.05) is 30.5 Å². The summed E-state index contributed by atoms with van der Waals surface area (Å²) in [5.74, 6) is -0.145. The molecule has 4 rings (SSSR count). The van der Waals surface area contributed by atoms with E-state index < -0.39 is 0 Å². The van der Waals surface area contributed by atoms with Gasteiger partial charge >= 0.3 is 0 Å². The number of anilines is 1. The maximum atomic E-state index is 12.4. The van der Waals surface area contributed by atoms with Gasteiger partial charge in [-0.25, -0.2) is 0 Å². The molecule has 0 saturated carbocycles. The highest BCUT2D eigenvalue weighted by Crippen LogP contribution is 2.24. The van der Waals surface area contributed by atoms with Crippen molar-refractivity contribution in [3.63, 3.8) is 0 Å². The molecule has 0 saturated heterocycles. The number of halogens is 2. The molecule has 0 atom stereocenters. The number of nitrogens with one attached hydrogen (secondary N) is 1. The summed E-state index contributed by atoms with van der Waals surface area (Å²) >= 11 is 9.35. The van der Waals surface area contributed by atoms with E-state index in [2.05, 4.69) is 26.3 Å². The fourth-order valence-corrected chi connectivity index (χ4v) is 4.25. The van der Waals surface area contributed by atoms with Crippen LogP contribution in [0.15, 0.2) is 59.2 Å². The second kappa shape index (κ2) is 10.3. The molecule has 0 spiro atoms. The summed E-state index contributed by atoms with van der Waals surface area (Å²) < 4.78 is 2.45. The lowest BCUT2D eigenvalue weighted by molar-refractivity contribution is -0.116. The van der Waals surface area contributed by atoms with E-state index in [9.17, 15) is 14.4 Å². The third-order valence-corrected chi connectivity index (χ3v) is 6.23. The van der Waals surface area contributed by atoms with Crippen LogP contribution in [0, 0.1) is 0 Å². The average molecular weight is 530 g/mol.